The van der Waals surface area contributed by atoms with Gasteiger partial charge in [0.15, 0.2) is 0 Å². The van der Waals surface area contributed by atoms with Gasteiger partial charge in [-0.05, 0) is 30.4 Å². The third kappa shape index (κ3) is 3.38. The Morgan fingerprint density at radius 3 is 3.17 bits per heavy atom. The van der Waals surface area contributed by atoms with Gasteiger partial charge in [0.05, 0.1) is 25.0 Å². The molecule has 5 nitrogen and oxygen atoms in total. The summed E-state index contributed by atoms with van der Waals surface area (Å²) in [5, 5.41) is 17.5. The molecule has 0 radical (unpaired) electrons. The molecular formula is C19H25N3O2. The SMILES string of the molecule is OC(COC1CCCc2ccccc21)CN1CCc2[nH]ncc2C1. The number of nitrogens with zero attached hydrogens (tertiary/aromatic N) is 2. The lowest BCUT2D eigenvalue weighted by molar-refractivity contribution is -0.0294. The fourth-order valence-electron chi connectivity index (χ4n) is 3.90. The number of hydrogen-bond acceptors (Lipinski definition) is 4. The number of β-amino-alcohol motifs (C(OH)–C–C–N with tert-alkyl or cyclic N) is 1. The van der Waals surface area contributed by atoms with Crippen LogP contribution in [0.3, 0.4) is 0 Å². The molecular weight excluding hydrogens is 302 g/mol. The summed E-state index contributed by atoms with van der Waals surface area (Å²) in [6, 6.07) is 8.53. The molecule has 0 saturated carbocycles. The molecule has 0 bridgehead atoms. The predicted molar refractivity (Wildman–Crippen MR) is 91.6 cm³/mol. The third-order valence-corrected chi connectivity index (χ3v) is 5.15. The molecule has 0 fully saturated rings. The van der Waals surface area contributed by atoms with E-state index in [0.29, 0.717) is 13.2 Å². The number of rotatable bonds is 5. The molecule has 24 heavy (non-hydrogen) atoms. The number of hydrogen-bond donors (Lipinski definition) is 2. The van der Waals surface area contributed by atoms with Gasteiger partial charge in [-0.25, -0.2) is 0 Å². The zero-order valence-corrected chi connectivity index (χ0v) is 13.9. The third-order valence-electron chi connectivity index (χ3n) is 5.15. The molecule has 0 saturated heterocycles. The van der Waals surface area contributed by atoms with Gasteiger partial charge < -0.3 is 9.84 Å². The Labute approximate surface area is 142 Å². The smallest absolute Gasteiger partial charge is 0.0900 e. The molecule has 4 rings (SSSR count). The second kappa shape index (κ2) is 7.05. The average molecular weight is 327 g/mol. The molecule has 1 aliphatic carbocycles. The zero-order valence-electron chi connectivity index (χ0n) is 13.9. The first-order valence-electron chi connectivity index (χ1n) is 8.90. The van der Waals surface area contributed by atoms with Crippen LogP contribution in [0.5, 0.6) is 0 Å². The summed E-state index contributed by atoms with van der Waals surface area (Å²) in [7, 11) is 0. The maximum Gasteiger partial charge on any atom is 0.0900 e. The number of ether oxygens (including phenoxy) is 1. The minimum atomic E-state index is -0.451. The summed E-state index contributed by atoms with van der Waals surface area (Å²) in [6.45, 7) is 2.86. The summed E-state index contributed by atoms with van der Waals surface area (Å²) in [4.78, 5) is 2.28. The van der Waals surface area contributed by atoms with Gasteiger partial charge in [0.2, 0.25) is 0 Å². The van der Waals surface area contributed by atoms with E-state index in [1.54, 1.807) is 0 Å². The Morgan fingerprint density at radius 1 is 1.29 bits per heavy atom. The number of nitrogens with one attached hydrogen (secondary N) is 1. The lowest BCUT2D eigenvalue weighted by Crippen LogP contribution is -2.38. The van der Waals surface area contributed by atoms with Crippen molar-refractivity contribution in [2.24, 2.45) is 0 Å². The normalized spacial score (nSPS) is 22.0. The molecule has 2 N–H and O–H groups in total. The highest BCUT2D eigenvalue weighted by atomic mass is 16.5. The Morgan fingerprint density at radius 2 is 2.21 bits per heavy atom. The molecule has 2 aromatic rings. The molecule has 2 aliphatic rings. The highest BCUT2D eigenvalue weighted by Crippen LogP contribution is 2.32. The number of fused-ring (bicyclic) bond motifs is 2. The van der Waals surface area contributed by atoms with Crippen molar-refractivity contribution >= 4 is 0 Å². The van der Waals surface area contributed by atoms with Crippen LogP contribution in [-0.4, -0.2) is 46.0 Å². The summed E-state index contributed by atoms with van der Waals surface area (Å²) in [6.07, 6.45) is 5.89. The molecule has 128 valence electrons. The monoisotopic (exact) mass is 327 g/mol. The van der Waals surface area contributed by atoms with Crippen LogP contribution in [0.4, 0.5) is 0 Å². The van der Waals surface area contributed by atoms with Crippen molar-refractivity contribution in [3.05, 3.63) is 52.8 Å². The number of aliphatic hydroxyl groups excluding tert-OH is 1. The molecule has 1 aromatic heterocycles. The molecule has 0 amide bonds. The van der Waals surface area contributed by atoms with Crippen LogP contribution in [0.1, 0.15) is 41.3 Å². The molecule has 2 unspecified atom stereocenters. The van der Waals surface area contributed by atoms with Crippen molar-refractivity contribution in [2.75, 3.05) is 19.7 Å². The van der Waals surface area contributed by atoms with E-state index in [2.05, 4.69) is 39.4 Å². The highest BCUT2D eigenvalue weighted by molar-refractivity contribution is 5.31. The van der Waals surface area contributed by atoms with Gasteiger partial charge in [-0.2, -0.15) is 5.10 Å². The van der Waals surface area contributed by atoms with Gasteiger partial charge in [-0.3, -0.25) is 10.00 Å². The van der Waals surface area contributed by atoms with Crippen LogP contribution in [0.2, 0.25) is 0 Å². The Balaban J connectivity index is 1.29. The topological polar surface area (TPSA) is 61.4 Å². The summed E-state index contributed by atoms with van der Waals surface area (Å²) in [5.74, 6) is 0. The molecule has 1 aromatic carbocycles. The largest absolute Gasteiger partial charge is 0.389 e. The fraction of sp³-hybridized carbons (Fsp3) is 0.526. The number of aromatic nitrogens is 2. The standard InChI is InChI=1S/C19H25N3O2/c23-16(12-22-9-8-18-15(11-22)10-20-21-18)13-24-19-7-3-5-14-4-1-2-6-17(14)19/h1-2,4,6,10,16,19,23H,3,5,7-9,11-13H2,(H,20,21). The first-order valence-corrected chi connectivity index (χ1v) is 8.90. The van der Waals surface area contributed by atoms with E-state index in [4.69, 9.17) is 4.74 Å². The summed E-state index contributed by atoms with van der Waals surface area (Å²) < 4.78 is 6.07. The van der Waals surface area contributed by atoms with E-state index in [9.17, 15) is 5.11 Å². The van der Waals surface area contributed by atoms with E-state index < -0.39 is 6.10 Å². The minimum absolute atomic E-state index is 0.131. The predicted octanol–water partition coefficient (Wildman–Crippen LogP) is 2.22. The van der Waals surface area contributed by atoms with Gasteiger partial charge >= 0.3 is 0 Å². The van der Waals surface area contributed by atoms with Crippen molar-refractivity contribution in [1.82, 2.24) is 15.1 Å². The van der Waals surface area contributed by atoms with Gasteiger partial charge in [0.25, 0.3) is 0 Å². The first kappa shape index (κ1) is 15.8. The van der Waals surface area contributed by atoms with Crippen molar-refractivity contribution in [3.8, 4) is 0 Å². The Kier molecular flexibility index (Phi) is 4.65. The van der Waals surface area contributed by atoms with Crippen LogP contribution in [0, 0.1) is 0 Å². The van der Waals surface area contributed by atoms with Crippen LogP contribution >= 0.6 is 0 Å². The first-order chi connectivity index (χ1) is 11.8. The van der Waals surface area contributed by atoms with Crippen molar-refractivity contribution in [1.29, 1.82) is 0 Å². The summed E-state index contributed by atoms with van der Waals surface area (Å²) in [5.41, 5.74) is 5.18. The van der Waals surface area contributed by atoms with Gasteiger partial charge in [0, 0.05) is 37.3 Å². The molecule has 0 spiro atoms. The van der Waals surface area contributed by atoms with Gasteiger partial charge in [-0.15, -0.1) is 0 Å². The fourth-order valence-corrected chi connectivity index (χ4v) is 3.90. The minimum Gasteiger partial charge on any atom is -0.389 e. The van der Waals surface area contributed by atoms with Crippen molar-refractivity contribution in [3.63, 3.8) is 0 Å². The van der Waals surface area contributed by atoms with E-state index in [0.717, 1.165) is 38.8 Å². The quantitative estimate of drug-likeness (QED) is 0.884. The van der Waals surface area contributed by atoms with Crippen LogP contribution in [0.25, 0.3) is 0 Å². The zero-order chi connectivity index (χ0) is 16.4. The number of H-pyrrole nitrogens is 1. The van der Waals surface area contributed by atoms with E-state index in [1.807, 2.05) is 6.20 Å². The maximum atomic E-state index is 10.4. The lowest BCUT2D eigenvalue weighted by atomic mass is 9.89. The van der Waals surface area contributed by atoms with E-state index >= 15 is 0 Å². The van der Waals surface area contributed by atoms with E-state index in [-0.39, 0.29) is 6.10 Å². The second-order valence-electron chi connectivity index (χ2n) is 6.93. The van der Waals surface area contributed by atoms with Gasteiger partial charge in [0.1, 0.15) is 0 Å². The Hall–Kier alpha value is -1.69. The number of aromatic amines is 1. The summed E-state index contributed by atoms with van der Waals surface area (Å²) >= 11 is 0. The maximum absolute atomic E-state index is 10.4. The molecule has 1 aliphatic heterocycles. The van der Waals surface area contributed by atoms with Crippen LogP contribution in [-0.2, 0) is 24.1 Å². The molecule has 5 heteroatoms. The second-order valence-corrected chi connectivity index (χ2v) is 6.93. The van der Waals surface area contributed by atoms with Gasteiger partial charge in [-0.1, -0.05) is 24.3 Å². The average Bonchev–Trinajstić information content (AvgIpc) is 3.07. The number of aliphatic hydroxyl groups is 1. The van der Waals surface area contributed by atoms with Crippen LogP contribution in [0.15, 0.2) is 30.5 Å². The van der Waals surface area contributed by atoms with E-state index in [1.165, 1.54) is 22.4 Å². The lowest BCUT2D eigenvalue weighted by Gasteiger charge is -2.30. The molecule has 2 atom stereocenters. The highest BCUT2D eigenvalue weighted by Gasteiger charge is 2.23. The molecule has 2 heterocycles. The Bertz CT molecular complexity index is 685. The number of aryl methyl sites for hydroxylation is 1. The van der Waals surface area contributed by atoms with Crippen molar-refractivity contribution in [2.45, 2.75) is 44.4 Å². The van der Waals surface area contributed by atoms with Crippen LogP contribution < -0.4 is 0 Å². The number of benzene rings is 1. The van der Waals surface area contributed by atoms with Crippen molar-refractivity contribution < 1.29 is 9.84 Å².